The van der Waals surface area contributed by atoms with E-state index in [-0.39, 0.29) is 42.5 Å². The van der Waals surface area contributed by atoms with Crippen LogP contribution in [0.15, 0.2) is 0 Å². The molecular formula is C22H36N4O5S3. The van der Waals surface area contributed by atoms with E-state index in [1.54, 1.807) is 27.8 Å². The predicted molar refractivity (Wildman–Crippen MR) is 139 cm³/mol. The second-order valence-electron chi connectivity index (χ2n) is 9.39. The number of rotatable bonds is 14. The van der Waals surface area contributed by atoms with Crippen molar-refractivity contribution in [3.63, 3.8) is 0 Å². The fraction of sp³-hybridized carbons (Fsp3) is 0.818. The van der Waals surface area contributed by atoms with Gasteiger partial charge in [-0.1, -0.05) is 28.0 Å². The number of hydroxylamine groups is 1. The van der Waals surface area contributed by atoms with Crippen LogP contribution in [-0.2, 0) is 14.3 Å². The van der Waals surface area contributed by atoms with Crippen LogP contribution in [0.25, 0.3) is 0 Å². The van der Waals surface area contributed by atoms with E-state index in [9.17, 15) is 19.6 Å². The monoisotopic (exact) mass is 532 g/mol. The highest BCUT2D eigenvalue weighted by Gasteiger charge is 2.43. The molecule has 3 aliphatic heterocycles. The molecule has 4 atom stereocenters. The summed E-state index contributed by atoms with van der Waals surface area (Å²) in [5, 5.41) is 21.1. The predicted octanol–water partition coefficient (Wildman–Crippen LogP) is 2.52. The van der Waals surface area contributed by atoms with Crippen LogP contribution in [0, 0.1) is 11.1 Å². The maximum absolute atomic E-state index is 12.0. The lowest BCUT2D eigenvalue weighted by molar-refractivity contribution is -0.536. The SMILES string of the molecule is CC1(C)C(COC(=O)CCSSCCNC(=O)CCCC[C@@H]2SCC3NC(=O)NC32)CC=[N+]1[O-]. The van der Waals surface area contributed by atoms with Gasteiger partial charge in [-0.05, 0) is 12.8 Å². The van der Waals surface area contributed by atoms with Crippen molar-refractivity contribution in [2.75, 3.05) is 30.4 Å². The van der Waals surface area contributed by atoms with Crippen LogP contribution in [0.2, 0.25) is 0 Å². The van der Waals surface area contributed by atoms with Gasteiger partial charge in [0.1, 0.15) is 6.61 Å². The summed E-state index contributed by atoms with van der Waals surface area (Å²) in [6.07, 6.45) is 5.97. The summed E-state index contributed by atoms with van der Waals surface area (Å²) in [4.78, 5) is 35.3. The lowest BCUT2D eigenvalue weighted by atomic mass is 9.89. The van der Waals surface area contributed by atoms with Crippen molar-refractivity contribution in [1.29, 1.82) is 0 Å². The molecule has 0 aromatic rings. The number of amides is 3. The summed E-state index contributed by atoms with van der Waals surface area (Å²) in [6, 6.07) is 0.419. The van der Waals surface area contributed by atoms with E-state index in [1.165, 1.54) is 0 Å². The maximum atomic E-state index is 12.0. The summed E-state index contributed by atoms with van der Waals surface area (Å²) < 4.78 is 6.30. The van der Waals surface area contributed by atoms with Gasteiger partial charge < -0.3 is 25.9 Å². The van der Waals surface area contributed by atoms with Crippen molar-refractivity contribution in [3.05, 3.63) is 5.21 Å². The molecular weight excluding hydrogens is 496 g/mol. The van der Waals surface area contributed by atoms with Crippen LogP contribution in [-0.4, -0.2) is 82.1 Å². The number of unbranched alkanes of at least 4 members (excludes halogenated alkanes) is 1. The van der Waals surface area contributed by atoms with Crippen LogP contribution in [0.5, 0.6) is 0 Å². The Bertz CT molecular complexity index is 767. The fourth-order valence-electron chi connectivity index (χ4n) is 4.30. The number of fused-ring (bicyclic) bond motifs is 1. The second-order valence-corrected chi connectivity index (χ2v) is 13.4. The molecule has 34 heavy (non-hydrogen) atoms. The minimum atomic E-state index is -0.527. The number of nitrogens with zero attached hydrogens (tertiary/aromatic N) is 1. The van der Waals surface area contributed by atoms with Gasteiger partial charge in [0.2, 0.25) is 5.91 Å². The zero-order valence-electron chi connectivity index (χ0n) is 19.9. The number of nitrogens with one attached hydrogen (secondary N) is 3. The highest BCUT2D eigenvalue weighted by atomic mass is 33.1. The standard InChI is InChI=1S/C22H36N4O5S3/c1-22(2)15(7-10-26(22)30)13-31-19(28)8-11-33-34-12-9-23-18(27)6-4-3-5-17-20-16(14-32-17)24-21(29)25-20/h10,15-17,20H,3-9,11-14H2,1-2H3,(H,23,27)(H2,24,25,29)/t15?,16?,17-,20?/m0/s1. The Morgan fingerprint density at radius 2 is 2.06 bits per heavy atom. The Morgan fingerprint density at radius 1 is 1.26 bits per heavy atom. The third-order valence-corrected chi connectivity index (χ3v) is 10.5. The van der Waals surface area contributed by atoms with Crippen molar-refractivity contribution >= 4 is 57.5 Å². The number of ether oxygens (including phenoxy) is 1. The molecule has 192 valence electrons. The van der Waals surface area contributed by atoms with Gasteiger partial charge in [-0.3, -0.25) is 9.59 Å². The third-order valence-electron chi connectivity index (χ3n) is 6.63. The number of carbonyl (C=O) groups is 3. The number of thioether (sulfide) groups is 1. The van der Waals surface area contributed by atoms with Gasteiger partial charge in [-0.25, -0.2) is 9.53 Å². The molecule has 2 saturated heterocycles. The molecule has 0 saturated carbocycles. The quantitative estimate of drug-likeness (QED) is 0.0779. The highest BCUT2D eigenvalue weighted by Crippen LogP contribution is 2.33. The van der Waals surface area contributed by atoms with E-state index in [0.717, 1.165) is 35.5 Å². The van der Waals surface area contributed by atoms with Gasteiger partial charge in [0, 0.05) is 55.7 Å². The lowest BCUT2D eigenvalue weighted by Crippen LogP contribution is -2.38. The minimum absolute atomic E-state index is 0.0285. The van der Waals surface area contributed by atoms with Crippen molar-refractivity contribution in [2.45, 2.75) is 75.2 Å². The van der Waals surface area contributed by atoms with Gasteiger partial charge in [0.25, 0.3) is 0 Å². The average molecular weight is 533 g/mol. The Kier molecular flexibility index (Phi) is 10.6. The van der Waals surface area contributed by atoms with Gasteiger partial charge in [-0.15, -0.1) is 0 Å². The maximum Gasteiger partial charge on any atom is 0.315 e. The van der Waals surface area contributed by atoms with Crippen LogP contribution in [0.4, 0.5) is 4.79 Å². The van der Waals surface area contributed by atoms with Gasteiger partial charge >= 0.3 is 12.0 Å². The summed E-state index contributed by atoms with van der Waals surface area (Å²) in [6.45, 7) is 4.62. The summed E-state index contributed by atoms with van der Waals surface area (Å²) in [5.74, 6) is 2.27. The van der Waals surface area contributed by atoms with Crippen LogP contribution in [0.1, 0.15) is 52.4 Å². The first-order valence-corrected chi connectivity index (χ1v) is 15.5. The largest absolute Gasteiger partial charge is 0.624 e. The molecule has 3 amide bonds. The molecule has 3 unspecified atom stereocenters. The van der Waals surface area contributed by atoms with Crippen molar-refractivity contribution in [1.82, 2.24) is 16.0 Å². The lowest BCUT2D eigenvalue weighted by Gasteiger charge is -2.25. The van der Waals surface area contributed by atoms with Gasteiger partial charge in [0.05, 0.1) is 24.4 Å². The molecule has 0 aromatic heterocycles. The van der Waals surface area contributed by atoms with Crippen molar-refractivity contribution < 1.29 is 23.9 Å². The van der Waals surface area contributed by atoms with E-state index in [1.807, 2.05) is 25.6 Å². The molecule has 9 nitrogen and oxygen atoms in total. The van der Waals surface area contributed by atoms with Crippen LogP contribution < -0.4 is 16.0 Å². The van der Waals surface area contributed by atoms with E-state index in [2.05, 4.69) is 16.0 Å². The molecule has 3 rings (SSSR count). The Labute approximate surface area is 213 Å². The number of carbonyl (C=O) groups excluding carboxylic acids is 3. The molecule has 0 aromatic carbocycles. The normalized spacial score (nSPS) is 27.0. The molecule has 12 heteroatoms. The summed E-state index contributed by atoms with van der Waals surface area (Å²) in [7, 11) is 3.23. The molecule has 3 aliphatic rings. The first-order valence-electron chi connectivity index (χ1n) is 11.9. The van der Waals surface area contributed by atoms with Crippen molar-refractivity contribution in [2.24, 2.45) is 5.92 Å². The van der Waals surface area contributed by atoms with E-state index >= 15 is 0 Å². The molecule has 0 aliphatic carbocycles. The van der Waals surface area contributed by atoms with E-state index in [4.69, 9.17) is 4.74 Å². The van der Waals surface area contributed by atoms with Crippen molar-refractivity contribution in [3.8, 4) is 0 Å². The van der Waals surface area contributed by atoms with E-state index < -0.39 is 5.54 Å². The fourth-order valence-corrected chi connectivity index (χ4v) is 7.72. The average Bonchev–Trinajstić information content (AvgIpc) is 3.42. The smallest absolute Gasteiger partial charge is 0.315 e. The van der Waals surface area contributed by atoms with Crippen LogP contribution in [0.3, 0.4) is 0 Å². The summed E-state index contributed by atoms with van der Waals surface area (Å²) in [5.41, 5.74) is -0.527. The Balaban J connectivity index is 1.11. The summed E-state index contributed by atoms with van der Waals surface area (Å²) >= 11 is 1.90. The van der Waals surface area contributed by atoms with Gasteiger partial charge in [0.15, 0.2) is 11.8 Å². The van der Waals surface area contributed by atoms with Gasteiger partial charge in [-0.2, -0.15) is 11.8 Å². The second kappa shape index (κ2) is 13.2. The van der Waals surface area contributed by atoms with Crippen LogP contribution >= 0.6 is 33.3 Å². The highest BCUT2D eigenvalue weighted by molar-refractivity contribution is 8.76. The first-order chi connectivity index (χ1) is 16.3. The third kappa shape index (κ3) is 7.87. The minimum Gasteiger partial charge on any atom is -0.624 e. The number of hydrogen-bond donors (Lipinski definition) is 3. The molecule has 3 heterocycles. The topological polar surface area (TPSA) is 123 Å². The molecule has 3 N–H and O–H groups in total. The number of urea groups is 1. The van der Waals surface area contributed by atoms with E-state index in [0.29, 0.717) is 36.8 Å². The Morgan fingerprint density at radius 3 is 2.82 bits per heavy atom. The number of esters is 1. The molecule has 0 bridgehead atoms. The Hall–Kier alpha value is -1.27. The zero-order chi connectivity index (χ0) is 24.6. The molecule has 2 fully saturated rings. The molecule has 0 radical (unpaired) electrons. The molecule has 0 spiro atoms. The first kappa shape index (κ1) is 27.3. The zero-order valence-corrected chi connectivity index (χ0v) is 22.3. The number of hydrogen-bond acceptors (Lipinski definition) is 8.